The summed E-state index contributed by atoms with van der Waals surface area (Å²) in [5.41, 5.74) is 6.03. The van der Waals surface area contributed by atoms with Crippen molar-refractivity contribution in [2.45, 2.75) is 34.1 Å². The van der Waals surface area contributed by atoms with Crippen LogP contribution in [-0.4, -0.2) is 11.8 Å². The van der Waals surface area contributed by atoms with Crippen LogP contribution in [0, 0.1) is 51.4 Å². The molecule has 2 N–H and O–H groups in total. The first-order chi connectivity index (χ1) is 13.8. The van der Waals surface area contributed by atoms with Gasteiger partial charge >= 0.3 is 0 Å². The summed E-state index contributed by atoms with van der Waals surface area (Å²) in [5.74, 6) is -0.543. The highest BCUT2D eigenvalue weighted by atomic mass is 16.2. The molecule has 0 heterocycles. The predicted octanol–water partition coefficient (Wildman–Crippen LogP) is 4.94. The first kappa shape index (κ1) is 19.4. The van der Waals surface area contributed by atoms with Crippen molar-refractivity contribution in [1.29, 1.82) is 0 Å². The summed E-state index contributed by atoms with van der Waals surface area (Å²) < 4.78 is 0. The lowest BCUT2D eigenvalue weighted by Crippen LogP contribution is -2.39. The number of anilines is 2. The topological polar surface area (TPSA) is 58.2 Å². The van der Waals surface area contributed by atoms with Crippen molar-refractivity contribution in [3.63, 3.8) is 0 Å². The van der Waals surface area contributed by atoms with E-state index < -0.39 is 0 Å². The van der Waals surface area contributed by atoms with Crippen LogP contribution in [0.3, 0.4) is 0 Å². The average Bonchev–Trinajstić information content (AvgIpc) is 3.27. The monoisotopic (exact) mass is 388 g/mol. The van der Waals surface area contributed by atoms with Crippen molar-refractivity contribution >= 4 is 23.2 Å². The minimum atomic E-state index is -0.337. The van der Waals surface area contributed by atoms with E-state index in [1.54, 1.807) is 0 Å². The number of carbonyl (C=O) groups excluding carboxylic acids is 2. The Morgan fingerprint density at radius 3 is 1.52 bits per heavy atom. The molecule has 0 saturated heterocycles. The van der Waals surface area contributed by atoms with Gasteiger partial charge in [-0.1, -0.05) is 47.5 Å². The molecule has 2 amide bonds. The molecule has 4 nitrogen and oxygen atoms in total. The molecule has 1 saturated carbocycles. The number of rotatable bonds is 4. The fourth-order valence-corrected chi connectivity index (χ4v) is 4.88. The molecule has 4 rings (SSSR count). The van der Waals surface area contributed by atoms with Crippen molar-refractivity contribution in [3.05, 3.63) is 70.8 Å². The number of carbonyl (C=O) groups is 2. The maximum Gasteiger partial charge on any atom is 0.228 e. The second-order valence-corrected chi connectivity index (χ2v) is 8.62. The number of allylic oxidation sites excluding steroid dienone is 2. The number of fused-ring (bicyclic) bond motifs is 2. The summed E-state index contributed by atoms with van der Waals surface area (Å²) in [4.78, 5) is 26.4. The molecule has 0 radical (unpaired) electrons. The van der Waals surface area contributed by atoms with Gasteiger partial charge in [-0.2, -0.15) is 0 Å². The molecule has 2 aliphatic rings. The zero-order valence-electron chi connectivity index (χ0n) is 17.5. The van der Waals surface area contributed by atoms with Gasteiger partial charge in [0.1, 0.15) is 0 Å². The van der Waals surface area contributed by atoms with Gasteiger partial charge in [0.05, 0.1) is 11.8 Å². The highest BCUT2D eigenvalue weighted by Crippen LogP contribution is 2.49. The van der Waals surface area contributed by atoms with Crippen LogP contribution in [0.25, 0.3) is 0 Å². The number of hydrogen-bond donors (Lipinski definition) is 2. The quantitative estimate of drug-likeness (QED) is 0.729. The lowest BCUT2D eigenvalue weighted by atomic mass is 9.81. The third-order valence-corrected chi connectivity index (χ3v) is 6.34. The van der Waals surface area contributed by atoms with E-state index in [1.165, 1.54) is 0 Å². The Kier molecular flexibility index (Phi) is 5.03. The van der Waals surface area contributed by atoms with E-state index >= 15 is 0 Å². The van der Waals surface area contributed by atoms with E-state index in [1.807, 2.05) is 52.0 Å². The minimum Gasteiger partial charge on any atom is -0.326 e. The van der Waals surface area contributed by atoms with Gasteiger partial charge in [-0.3, -0.25) is 9.59 Å². The average molecular weight is 389 g/mol. The van der Waals surface area contributed by atoms with E-state index in [0.29, 0.717) is 0 Å². The van der Waals surface area contributed by atoms with Gasteiger partial charge in [-0.25, -0.2) is 0 Å². The van der Waals surface area contributed by atoms with E-state index in [9.17, 15) is 9.59 Å². The summed E-state index contributed by atoms with van der Waals surface area (Å²) >= 11 is 0. The standard InChI is InChI=1S/C25H28N2O2/c1-14-5-9-20(16(3)11-14)26-24(28)22-18-7-8-19(13-18)23(22)25(29)27-21-10-6-15(2)12-17(21)4/h5-12,18-19,22-23H,13H2,1-4H3,(H,26,28)(H,27,29)/t18-,19+,22+,23-. The molecule has 0 unspecified atom stereocenters. The second kappa shape index (κ2) is 7.51. The minimum absolute atomic E-state index is 0.0606. The summed E-state index contributed by atoms with van der Waals surface area (Å²) in [5, 5.41) is 6.16. The number of amides is 2. The van der Waals surface area contributed by atoms with Gasteiger partial charge in [0, 0.05) is 11.4 Å². The summed E-state index contributed by atoms with van der Waals surface area (Å²) in [7, 11) is 0. The van der Waals surface area contributed by atoms with Crippen LogP contribution < -0.4 is 10.6 Å². The molecule has 2 aromatic rings. The zero-order chi connectivity index (χ0) is 20.7. The SMILES string of the molecule is Cc1ccc(NC(=O)[C@@H]2[C@H](C(=O)Nc3ccc(C)cc3C)[C@H]3C=C[C@@H]2C3)c(C)c1. The third kappa shape index (κ3) is 3.71. The number of benzene rings is 2. The molecule has 2 aliphatic carbocycles. The fraction of sp³-hybridized carbons (Fsp3) is 0.360. The third-order valence-electron chi connectivity index (χ3n) is 6.34. The summed E-state index contributed by atoms with van der Waals surface area (Å²) in [6.07, 6.45) is 5.09. The summed E-state index contributed by atoms with van der Waals surface area (Å²) in [6.45, 7) is 8.06. The first-order valence-electron chi connectivity index (χ1n) is 10.3. The molecule has 2 bridgehead atoms. The molecular weight excluding hydrogens is 360 g/mol. The summed E-state index contributed by atoms with van der Waals surface area (Å²) in [6, 6.07) is 12.0. The van der Waals surface area contributed by atoms with Crippen LogP contribution >= 0.6 is 0 Å². The van der Waals surface area contributed by atoms with Gasteiger partial charge in [-0.15, -0.1) is 0 Å². The van der Waals surface area contributed by atoms with Crippen molar-refractivity contribution in [2.75, 3.05) is 10.6 Å². The largest absolute Gasteiger partial charge is 0.326 e. The number of hydrogen-bond acceptors (Lipinski definition) is 2. The lowest BCUT2D eigenvalue weighted by Gasteiger charge is -2.27. The number of aryl methyl sites for hydroxylation is 4. The second-order valence-electron chi connectivity index (χ2n) is 8.62. The zero-order valence-corrected chi connectivity index (χ0v) is 17.5. The van der Waals surface area contributed by atoms with E-state index in [0.717, 1.165) is 40.0 Å². The first-order valence-corrected chi connectivity index (χ1v) is 10.3. The lowest BCUT2D eigenvalue weighted by molar-refractivity contribution is -0.129. The maximum absolute atomic E-state index is 13.2. The molecule has 150 valence electrons. The molecule has 0 spiro atoms. The fourth-order valence-electron chi connectivity index (χ4n) is 4.88. The molecule has 2 aromatic carbocycles. The van der Waals surface area contributed by atoms with Crippen molar-refractivity contribution in [1.82, 2.24) is 0 Å². The molecule has 0 aliphatic heterocycles. The van der Waals surface area contributed by atoms with E-state index in [2.05, 4.69) is 34.9 Å². The van der Waals surface area contributed by atoms with Crippen LogP contribution in [-0.2, 0) is 9.59 Å². The van der Waals surface area contributed by atoms with Crippen LogP contribution in [0.5, 0.6) is 0 Å². The van der Waals surface area contributed by atoms with Crippen molar-refractivity contribution in [3.8, 4) is 0 Å². The molecular formula is C25H28N2O2. The van der Waals surface area contributed by atoms with Crippen molar-refractivity contribution in [2.24, 2.45) is 23.7 Å². The molecule has 4 heteroatoms. The van der Waals surface area contributed by atoms with Crippen LogP contribution in [0.15, 0.2) is 48.6 Å². The smallest absolute Gasteiger partial charge is 0.228 e. The molecule has 0 aromatic heterocycles. The highest BCUT2D eigenvalue weighted by molar-refractivity contribution is 6.01. The van der Waals surface area contributed by atoms with Crippen LogP contribution in [0.2, 0.25) is 0 Å². The van der Waals surface area contributed by atoms with E-state index in [4.69, 9.17) is 0 Å². The van der Waals surface area contributed by atoms with Crippen LogP contribution in [0.4, 0.5) is 11.4 Å². The van der Waals surface area contributed by atoms with Gasteiger partial charge in [0.25, 0.3) is 0 Å². The Morgan fingerprint density at radius 1 is 0.724 bits per heavy atom. The maximum atomic E-state index is 13.2. The highest BCUT2D eigenvalue weighted by Gasteiger charge is 2.51. The van der Waals surface area contributed by atoms with Gasteiger partial charge < -0.3 is 10.6 Å². The van der Waals surface area contributed by atoms with Crippen LogP contribution in [0.1, 0.15) is 28.7 Å². The Morgan fingerprint density at radius 2 is 1.14 bits per heavy atom. The number of nitrogens with one attached hydrogen (secondary N) is 2. The molecule has 1 fully saturated rings. The van der Waals surface area contributed by atoms with Gasteiger partial charge in [0.15, 0.2) is 0 Å². The molecule has 4 atom stereocenters. The van der Waals surface area contributed by atoms with Crippen molar-refractivity contribution < 1.29 is 9.59 Å². The van der Waals surface area contributed by atoms with Gasteiger partial charge in [-0.05, 0) is 69.2 Å². The molecule has 29 heavy (non-hydrogen) atoms. The Bertz CT molecular complexity index is 928. The Labute approximate surface area is 172 Å². The van der Waals surface area contributed by atoms with Gasteiger partial charge in [0.2, 0.25) is 11.8 Å². The predicted molar refractivity (Wildman–Crippen MR) is 117 cm³/mol. The Balaban J connectivity index is 1.55. The normalized spacial score (nSPS) is 24.6. The van der Waals surface area contributed by atoms with E-state index in [-0.39, 0.29) is 35.5 Å². The Hall–Kier alpha value is -2.88.